The monoisotopic (exact) mass is 305 g/mol. The van der Waals surface area contributed by atoms with Crippen LogP contribution in [0.15, 0.2) is 24.5 Å². The minimum Gasteiger partial charge on any atom is -0.436 e. The van der Waals surface area contributed by atoms with Gasteiger partial charge in [0, 0.05) is 6.07 Å². The van der Waals surface area contributed by atoms with Crippen molar-refractivity contribution in [3.8, 4) is 11.6 Å². The van der Waals surface area contributed by atoms with E-state index < -0.39 is 4.92 Å². The minimum absolute atomic E-state index is 0.0207. The van der Waals surface area contributed by atoms with Gasteiger partial charge in [-0.15, -0.1) is 0 Å². The fourth-order valence-corrected chi connectivity index (χ4v) is 2.03. The number of halogens is 1. The molecular formula is C12H8ClN5O3. The molecule has 0 saturated heterocycles. The number of hydrogen-bond donors (Lipinski definition) is 1. The molecule has 0 aliphatic rings. The second-order valence-corrected chi connectivity index (χ2v) is 4.50. The van der Waals surface area contributed by atoms with Crippen LogP contribution in [0.25, 0.3) is 11.2 Å². The third-order valence-electron chi connectivity index (χ3n) is 2.88. The first-order chi connectivity index (χ1) is 10.1. The molecule has 2 heterocycles. The molecule has 0 spiro atoms. The van der Waals surface area contributed by atoms with Gasteiger partial charge < -0.3 is 9.72 Å². The summed E-state index contributed by atoms with van der Waals surface area (Å²) in [7, 11) is 0. The molecule has 0 bridgehead atoms. The molecule has 2 aromatic heterocycles. The predicted molar refractivity (Wildman–Crippen MR) is 74.6 cm³/mol. The molecule has 0 aliphatic carbocycles. The van der Waals surface area contributed by atoms with Crippen LogP contribution in [0.3, 0.4) is 0 Å². The first-order valence-corrected chi connectivity index (χ1v) is 6.22. The van der Waals surface area contributed by atoms with Crippen molar-refractivity contribution < 1.29 is 9.66 Å². The summed E-state index contributed by atoms with van der Waals surface area (Å²) < 4.78 is 5.64. The van der Waals surface area contributed by atoms with Crippen molar-refractivity contribution in [3.05, 3.63) is 45.5 Å². The Balaban J connectivity index is 2.09. The largest absolute Gasteiger partial charge is 0.436 e. The highest BCUT2D eigenvalue weighted by molar-refractivity contribution is 6.28. The van der Waals surface area contributed by atoms with Gasteiger partial charge in [0.2, 0.25) is 11.2 Å². The normalized spacial score (nSPS) is 10.8. The molecule has 0 saturated carbocycles. The second-order valence-electron chi connectivity index (χ2n) is 4.16. The van der Waals surface area contributed by atoms with Crippen LogP contribution in [-0.2, 0) is 0 Å². The molecular weight excluding hydrogens is 298 g/mol. The Labute approximate surface area is 122 Å². The van der Waals surface area contributed by atoms with Crippen LogP contribution < -0.4 is 4.74 Å². The van der Waals surface area contributed by atoms with E-state index in [0.717, 1.165) is 0 Å². The zero-order valence-electron chi connectivity index (χ0n) is 10.7. The molecule has 21 heavy (non-hydrogen) atoms. The molecule has 0 amide bonds. The van der Waals surface area contributed by atoms with E-state index in [1.54, 1.807) is 13.0 Å². The van der Waals surface area contributed by atoms with Crippen molar-refractivity contribution in [1.29, 1.82) is 0 Å². The molecule has 9 heteroatoms. The van der Waals surface area contributed by atoms with E-state index in [1.807, 2.05) is 0 Å². The summed E-state index contributed by atoms with van der Waals surface area (Å²) in [6.45, 7) is 1.60. The topological polar surface area (TPSA) is 107 Å². The number of hydrogen-bond acceptors (Lipinski definition) is 6. The van der Waals surface area contributed by atoms with E-state index in [-0.39, 0.29) is 16.9 Å². The van der Waals surface area contributed by atoms with Gasteiger partial charge in [0.25, 0.3) is 5.69 Å². The number of imidazole rings is 1. The molecule has 0 radical (unpaired) electrons. The smallest absolute Gasteiger partial charge is 0.276 e. The molecule has 0 fully saturated rings. The number of nitrogens with zero attached hydrogens (tertiary/aromatic N) is 4. The van der Waals surface area contributed by atoms with Crippen LogP contribution in [0.4, 0.5) is 5.69 Å². The molecule has 0 aliphatic heterocycles. The lowest BCUT2D eigenvalue weighted by molar-refractivity contribution is -0.385. The summed E-state index contributed by atoms with van der Waals surface area (Å²) >= 11 is 5.80. The van der Waals surface area contributed by atoms with Gasteiger partial charge >= 0.3 is 0 Å². The van der Waals surface area contributed by atoms with Gasteiger partial charge in [0.05, 0.1) is 16.8 Å². The van der Waals surface area contributed by atoms with Gasteiger partial charge in [-0.1, -0.05) is 6.07 Å². The Morgan fingerprint density at radius 2 is 2.19 bits per heavy atom. The number of rotatable bonds is 3. The van der Waals surface area contributed by atoms with Crippen molar-refractivity contribution in [2.75, 3.05) is 0 Å². The maximum atomic E-state index is 10.9. The fourth-order valence-electron chi connectivity index (χ4n) is 1.87. The lowest BCUT2D eigenvalue weighted by Gasteiger charge is -2.08. The first kappa shape index (κ1) is 13.3. The predicted octanol–water partition coefficient (Wildman–Crippen LogP) is 3.02. The summed E-state index contributed by atoms with van der Waals surface area (Å²) in [6, 6.07) is 4.55. The Morgan fingerprint density at radius 1 is 1.38 bits per heavy atom. The number of nitrogens with one attached hydrogen (secondary N) is 1. The zero-order chi connectivity index (χ0) is 15.0. The molecule has 0 atom stereocenters. The molecule has 3 rings (SSSR count). The maximum Gasteiger partial charge on any atom is 0.276 e. The highest BCUT2D eigenvalue weighted by Crippen LogP contribution is 2.32. The standard InChI is InChI=1S/C12H8ClN5O3/c1-6-7(18(19)20)3-2-4-8(6)21-11-9-10(15-5-14-9)16-12(13)17-11/h2-5H,1H3,(H,14,15,16,17). The van der Waals surface area contributed by atoms with Gasteiger partial charge in [0.15, 0.2) is 5.65 Å². The van der Waals surface area contributed by atoms with Crippen LogP contribution in [-0.4, -0.2) is 24.9 Å². The number of H-pyrrole nitrogens is 1. The Bertz CT molecular complexity index is 848. The number of ether oxygens (including phenoxy) is 1. The first-order valence-electron chi connectivity index (χ1n) is 5.84. The van der Waals surface area contributed by atoms with Crippen LogP contribution in [0, 0.1) is 17.0 Å². The Morgan fingerprint density at radius 3 is 2.95 bits per heavy atom. The lowest BCUT2D eigenvalue weighted by atomic mass is 10.2. The van der Waals surface area contributed by atoms with Gasteiger partial charge in [-0.2, -0.15) is 9.97 Å². The number of fused-ring (bicyclic) bond motifs is 1. The van der Waals surface area contributed by atoms with Crippen LogP contribution in [0.5, 0.6) is 11.6 Å². The highest BCUT2D eigenvalue weighted by Gasteiger charge is 2.17. The van der Waals surface area contributed by atoms with E-state index in [4.69, 9.17) is 16.3 Å². The molecule has 8 nitrogen and oxygen atoms in total. The van der Waals surface area contributed by atoms with Crippen LogP contribution >= 0.6 is 11.6 Å². The molecule has 1 N–H and O–H groups in total. The Kier molecular flexibility index (Phi) is 3.15. The van der Waals surface area contributed by atoms with Crippen molar-refractivity contribution in [2.24, 2.45) is 0 Å². The SMILES string of the molecule is Cc1c(Oc2nc(Cl)nc3nc[nH]c23)cccc1[N+](=O)[O-]. The minimum atomic E-state index is -0.471. The Hall–Kier alpha value is -2.74. The summed E-state index contributed by atoms with van der Waals surface area (Å²) in [4.78, 5) is 25.2. The van der Waals surface area contributed by atoms with Crippen LogP contribution in [0.2, 0.25) is 5.28 Å². The molecule has 3 aromatic rings. The second kappa shape index (κ2) is 4.98. The number of nitro groups is 1. The average Bonchev–Trinajstić information content (AvgIpc) is 2.88. The van der Waals surface area contributed by atoms with E-state index in [2.05, 4.69) is 19.9 Å². The summed E-state index contributed by atoms with van der Waals surface area (Å²) in [5.74, 6) is 0.473. The van der Waals surface area contributed by atoms with Crippen molar-refractivity contribution in [3.63, 3.8) is 0 Å². The van der Waals surface area contributed by atoms with Crippen molar-refractivity contribution >= 4 is 28.5 Å². The third kappa shape index (κ3) is 2.36. The van der Waals surface area contributed by atoms with E-state index in [1.165, 1.54) is 18.5 Å². The van der Waals surface area contributed by atoms with Crippen molar-refractivity contribution in [2.45, 2.75) is 6.92 Å². The van der Waals surface area contributed by atoms with E-state index in [0.29, 0.717) is 22.5 Å². The van der Waals surface area contributed by atoms with Crippen molar-refractivity contribution in [1.82, 2.24) is 19.9 Å². The summed E-state index contributed by atoms with van der Waals surface area (Å²) in [5.41, 5.74) is 1.18. The molecule has 1 aromatic carbocycles. The lowest BCUT2D eigenvalue weighted by Crippen LogP contribution is -1.97. The van der Waals surface area contributed by atoms with Gasteiger partial charge in [-0.3, -0.25) is 10.1 Å². The fraction of sp³-hybridized carbons (Fsp3) is 0.0833. The molecule has 0 unspecified atom stereocenters. The maximum absolute atomic E-state index is 10.9. The number of aromatic nitrogens is 4. The van der Waals surface area contributed by atoms with Gasteiger partial charge in [-0.25, -0.2) is 4.98 Å². The summed E-state index contributed by atoms with van der Waals surface area (Å²) in [5, 5.41) is 10.9. The highest BCUT2D eigenvalue weighted by atomic mass is 35.5. The van der Waals surface area contributed by atoms with Gasteiger partial charge in [0.1, 0.15) is 11.3 Å². The molecule has 106 valence electrons. The zero-order valence-corrected chi connectivity index (χ0v) is 11.5. The summed E-state index contributed by atoms with van der Waals surface area (Å²) in [6.07, 6.45) is 1.43. The quantitative estimate of drug-likeness (QED) is 0.453. The number of nitro benzene ring substituents is 1. The van der Waals surface area contributed by atoms with Crippen LogP contribution in [0.1, 0.15) is 5.56 Å². The van der Waals surface area contributed by atoms with E-state index in [9.17, 15) is 10.1 Å². The average molecular weight is 306 g/mol. The number of aromatic amines is 1. The van der Waals surface area contributed by atoms with E-state index >= 15 is 0 Å². The third-order valence-corrected chi connectivity index (χ3v) is 3.05. The van der Waals surface area contributed by atoms with Gasteiger partial charge in [-0.05, 0) is 24.6 Å². The number of benzene rings is 1.